The molecule has 3 N–H and O–H groups in total. The monoisotopic (exact) mass is 391 g/mol. The van der Waals surface area contributed by atoms with Crippen LogP contribution in [0.5, 0.6) is 0 Å². The second kappa shape index (κ2) is 8.53. The van der Waals surface area contributed by atoms with Crippen LogP contribution in [0.4, 0.5) is 20.2 Å². The summed E-state index contributed by atoms with van der Waals surface area (Å²) in [5.41, 5.74) is -0.787. The highest BCUT2D eigenvalue weighted by Crippen LogP contribution is 2.24. The molecule has 1 heterocycles. The summed E-state index contributed by atoms with van der Waals surface area (Å²) in [5, 5.41) is 11.6. The highest BCUT2D eigenvalue weighted by atomic mass is 19.1. The van der Waals surface area contributed by atoms with Crippen molar-refractivity contribution in [3.63, 3.8) is 0 Å². The van der Waals surface area contributed by atoms with Crippen LogP contribution in [0.2, 0.25) is 0 Å². The summed E-state index contributed by atoms with van der Waals surface area (Å²) in [5.74, 6) is -2.93. The van der Waals surface area contributed by atoms with Gasteiger partial charge in [0.2, 0.25) is 5.82 Å². The SMILES string of the molecule is [B]c1ccc(Nc2c(C(=O)NOC(C)(C)CO)cn(CC)c(=O)c2F)c(F)c1. The van der Waals surface area contributed by atoms with E-state index in [4.69, 9.17) is 12.7 Å². The van der Waals surface area contributed by atoms with Gasteiger partial charge in [0, 0.05) is 12.7 Å². The average molecular weight is 391 g/mol. The van der Waals surface area contributed by atoms with Crippen molar-refractivity contribution in [2.75, 3.05) is 11.9 Å². The van der Waals surface area contributed by atoms with Gasteiger partial charge >= 0.3 is 0 Å². The number of aliphatic hydroxyl groups is 1. The van der Waals surface area contributed by atoms with Crippen LogP contribution in [0.25, 0.3) is 0 Å². The largest absolute Gasteiger partial charge is 0.393 e. The lowest BCUT2D eigenvalue weighted by atomic mass is 9.96. The Hall–Kier alpha value is -2.72. The van der Waals surface area contributed by atoms with E-state index < -0.39 is 41.0 Å². The first-order chi connectivity index (χ1) is 13.1. The minimum Gasteiger partial charge on any atom is -0.393 e. The third-order valence-electron chi connectivity index (χ3n) is 3.86. The molecule has 0 saturated heterocycles. The second-order valence-corrected chi connectivity index (χ2v) is 6.64. The number of aliphatic hydroxyl groups excluding tert-OH is 1. The number of hydrogen-bond acceptors (Lipinski definition) is 5. The number of halogens is 2. The van der Waals surface area contributed by atoms with E-state index in [1.54, 1.807) is 6.92 Å². The molecule has 2 aromatic rings. The predicted molar refractivity (Wildman–Crippen MR) is 101 cm³/mol. The van der Waals surface area contributed by atoms with Gasteiger partial charge in [-0.25, -0.2) is 9.87 Å². The van der Waals surface area contributed by atoms with E-state index in [0.717, 1.165) is 16.8 Å². The number of rotatable bonds is 7. The van der Waals surface area contributed by atoms with Crippen LogP contribution in [0.1, 0.15) is 31.1 Å². The fourth-order valence-electron chi connectivity index (χ4n) is 2.20. The van der Waals surface area contributed by atoms with Crippen molar-refractivity contribution in [1.82, 2.24) is 10.0 Å². The Morgan fingerprint density at radius 3 is 2.61 bits per heavy atom. The molecule has 7 nitrogen and oxygen atoms in total. The molecular formula is C18H20BF2N3O4. The van der Waals surface area contributed by atoms with E-state index >= 15 is 0 Å². The molecule has 0 aliphatic rings. The van der Waals surface area contributed by atoms with E-state index in [0.29, 0.717) is 0 Å². The van der Waals surface area contributed by atoms with Crippen molar-refractivity contribution in [1.29, 1.82) is 0 Å². The first-order valence-electron chi connectivity index (χ1n) is 8.43. The minimum absolute atomic E-state index is 0.107. The van der Waals surface area contributed by atoms with Crippen molar-refractivity contribution in [3.8, 4) is 0 Å². The Labute approximate surface area is 161 Å². The van der Waals surface area contributed by atoms with E-state index in [1.807, 2.05) is 0 Å². The van der Waals surface area contributed by atoms with Crippen molar-refractivity contribution in [3.05, 3.63) is 51.9 Å². The molecule has 0 aliphatic heterocycles. The third kappa shape index (κ3) is 4.76. The fraction of sp³-hybridized carbons (Fsp3) is 0.333. The molecule has 0 unspecified atom stereocenters. The number of nitrogens with zero attached hydrogens (tertiary/aromatic N) is 1. The van der Waals surface area contributed by atoms with Gasteiger partial charge in [-0.2, -0.15) is 4.39 Å². The van der Waals surface area contributed by atoms with Gasteiger partial charge in [-0.1, -0.05) is 11.5 Å². The maximum absolute atomic E-state index is 14.7. The lowest BCUT2D eigenvalue weighted by molar-refractivity contribution is -0.0956. The first kappa shape index (κ1) is 21.6. The topological polar surface area (TPSA) is 92.6 Å². The van der Waals surface area contributed by atoms with E-state index in [9.17, 15) is 23.5 Å². The van der Waals surface area contributed by atoms with E-state index in [2.05, 4.69) is 10.8 Å². The molecule has 0 saturated carbocycles. The molecule has 148 valence electrons. The Bertz CT molecular complexity index is 947. The lowest BCUT2D eigenvalue weighted by Gasteiger charge is -2.22. The van der Waals surface area contributed by atoms with Gasteiger partial charge in [0.05, 0.1) is 23.5 Å². The summed E-state index contributed by atoms with van der Waals surface area (Å²) < 4.78 is 29.8. The summed E-state index contributed by atoms with van der Waals surface area (Å²) in [6, 6.07) is 3.64. The standard InChI is InChI=1S/C18H20BF2N3O4/c1-4-24-8-11(16(26)23-28-18(2,3)9-25)15(14(21)17(24)27)22-13-6-5-10(19)7-12(13)20/h5-8,22,25H,4,9H2,1-3H3,(H,23,26). The predicted octanol–water partition coefficient (Wildman–Crippen LogP) is 1.12. The molecule has 1 aromatic carbocycles. The highest BCUT2D eigenvalue weighted by molar-refractivity contribution is 6.32. The maximum Gasteiger partial charge on any atom is 0.288 e. The number of anilines is 2. The lowest BCUT2D eigenvalue weighted by Crippen LogP contribution is -2.39. The number of carbonyl (C=O) groups is 1. The molecule has 1 aromatic heterocycles. The quantitative estimate of drug-likeness (QED) is 0.486. The van der Waals surface area contributed by atoms with Crippen LogP contribution < -0.4 is 21.8 Å². The van der Waals surface area contributed by atoms with Crippen LogP contribution >= 0.6 is 0 Å². The van der Waals surface area contributed by atoms with Crippen LogP contribution in [0.15, 0.2) is 29.2 Å². The number of benzene rings is 1. The number of pyridine rings is 1. The Morgan fingerprint density at radius 1 is 1.36 bits per heavy atom. The normalized spacial score (nSPS) is 11.4. The molecule has 1 amide bonds. The minimum atomic E-state index is -1.26. The Balaban J connectivity index is 2.49. The van der Waals surface area contributed by atoms with E-state index in [1.165, 1.54) is 26.0 Å². The molecule has 10 heteroatoms. The maximum atomic E-state index is 14.7. The van der Waals surface area contributed by atoms with Crippen LogP contribution in [0, 0.1) is 11.6 Å². The van der Waals surface area contributed by atoms with Gasteiger partial charge < -0.3 is 15.0 Å². The van der Waals surface area contributed by atoms with Gasteiger partial charge in [-0.3, -0.25) is 14.4 Å². The second-order valence-electron chi connectivity index (χ2n) is 6.64. The van der Waals surface area contributed by atoms with Gasteiger partial charge in [0.15, 0.2) is 0 Å². The molecule has 0 fully saturated rings. The smallest absolute Gasteiger partial charge is 0.288 e. The highest BCUT2D eigenvalue weighted by Gasteiger charge is 2.24. The summed E-state index contributed by atoms with van der Waals surface area (Å²) in [6.45, 7) is 4.35. The number of hydrogen-bond donors (Lipinski definition) is 3. The Morgan fingerprint density at radius 2 is 2.04 bits per heavy atom. The molecule has 0 atom stereocenters. The van der Waals surface area contributed by atoms with Gasteiger partial charge in [0.1, 0.15) is 19.3 Å². The number of carbonyl (C=O) groups excluding carboxylic acids is 1. The van der Waals surface area contributed by atoms with Crippen molar-refractivity contribution in [2.24, 2.45) is 0 Å². The average Bonchev–Trinajstić information content (AvgIpc) is 2.65. The fourth-order valence-corrected chi connectivity index (χ4v) is 2.20. The molecule has 0 bridgehead atoms. The summed E-state index contributed by atoms with van der Waals surface area (Å²) in [4.78, 5) is 29.8. The van der Waals surface area contributed by atoms with Crippen LogP contribution in [0.3, 0.4) is 0 Å². The van der Waals surface area contributed by atoms with Gasteiger partial charge in [-0.05, 0) is 32.9 Å². The molecule has 0 spiro atoms. The zero-order valence-corrected chi connectivity index (χ0v) is 15.7. The number of nitrogens with one attached hydrogen (secondary N) is 2. The van der Waals surface area contributed by atoms with Gasteiger partial charge in [-0.15, -0.1) is 0 Å². The molecule has 2 rings (SSSR count). The summed E-state index contributed by atoms with van der Waals surface area (Å²) >= 11 is 0. The number of aryl methyl sites for hydroxylation is 1. The third-order valence-corrected chi connectivity index (χ3v) is 3.86. The summed E-state index contributed by atoms with van der Waals surface area (Å²) in [6.07, 6.45) is 1.13. The zero-order valence-electron chi connectivity index (χ0n) is 15.7. The number of aromatic nitrogens is 1. The molecular weight excluding hydrogens is 371 g/mol. The van der Waals surface area contributed by atoms with E-state index in [-0.39, 0.29) is 23.3 Å². The zero-order chi connectivity index (χ0) is 21.1. The van der Waals surface area contributed by atoms with Crippen molar-refractivity contribution in [2.45, 2.75) is 32.9 Å². The number of hydroxylamine groups is 1. The number of amides is 1. The van der Waals surface area contributed by atoms with Crippen molar-refractivity contribution >= 4 is 30.6 Å². The van der Waals surface area contributed by atoms with Crippen LogP contribution in [-0.4, -0.2) is 35.6 Å². The molecule has 0 aliphatic carbocycles. The summed E-state index contributed by atoms with van der Waals surface area (Å²) in [7, 11) is 5.49. The molecule has 2 radical (unpaired) electrons. The van der Waals surface area contributed by atoms with Crippen LogP contribution in [-0.2, 0) is 11.4 Å². The first-order valence-corrected chi connectivity index (χ1v) is 8.43. The van der Waals surface area contributed by atoms with Crippen molar-refractivity contribution < 1.29 is 23.5 Å². The van der Waals surface area contributed by atoms with Gasteiger partial charge in [0.25, 0.3) is 11.5 Å². The Kier molecular flexibility index (Phi) is 6.58. The molecule has 28 heavy (non-hydrogen) atoms.